The van der Waals surface area contributed by atoms with E-state index in [1.54, 1.807) is 12.5 Å². The number of hydrogen-bond acceptors (Lipinski definition) is 3. The van der Waals surface area contributed by atoms with Gasteiger partial charge >= 0.3 is 0 Å². The molecule has 1 atom stereocenters. The monoisotopic (exact) mass is 259 g/mol. The van der Waals surface area contributed by atoms with Crippen LogP contribution in [0.5, 0.6) is 5.75 Å². The molecule has 3 heteroatoms. The Morgan fingerprint density at radius 1 is 1.21 bits per heavy atom. The van der Waals surface area contributed by atoms with Crippen LogP contribution in [0.1, 0.15) is 37.9 Å². The third-order valence-corrected chi connectivity index (χ3v) is 2.88. The van der Waals surface area contributed by atoms with Gasteiger partial charge in [-0.3, -0.25) is 0 Å². The first-order valence-electron chi connectivity index (χ1n) is 6.73. The first-order valence-corrected chi connectivity index (χ1v) is 6.73. The zero-order chi connectivity index (χ0) is 13.7. The standard InChI is InChI=1S/C16H21NO2/c1-4-17-16(13-9-10-18-11-13)14-7-5-6-8-15(14)19-12(2)3/h5-12,16-17H,4H2,1-3H3. The number of benzene rings is 1. The summed E-state index contributed by atoms with van der Waals surface area (Å²) in [5.41, 5.74) is 2.25. The summed E-state index contributed by atoms with van der Waals surface area (Å²) in [6, 6.07) is 10.2. The number of ether oxygens (including phenoxy) is 1. The Hall–Kier alpha value is -1.74. The van der Waals surface area contributed by atoms with E-state index in [0.717, 1.165) is 23.4 Å². The van der Waals surface area contributed by atoms with E-state index in [-0.39, 0.29) is 12.1 Å². The number of para-hydroxylation sites is 1. The van der Waals surface area contributed by atoms with Crippen molar-refractivity contribution in [2.75, 3.05) is 6.54 Å². The van der Waals surface area contributed by atoms with Gasteiger partial charge in [0.2, 0.25) is 0 Å². The van der Waals surface area contributed by atoms with Crippen molar-refractivity contribution in [3.05, 3.63) is 54.0 Å². The molecular weight excluding hydrogens is 238 g/mol. The Labute approximate surface area is 114 Å². The second-order valence-electron chi connectivity index (χ2n) is 4.75. The van der Waals surface area contributed by atoms with Crippen LogP contribution >= 0.6 is 0 Å². The lowest BCUT2D eigenvalue weighted by Crippen LogP contribution is -2.22. The Balaban J connectivity index is 2.36. The predicted octanol–water partition coefficient (Wildman–Crippen LogP) is 3.77. The van der Waals surface area contributed by atoms with Gasteiger partial charge < -0.3 is 14.5 Å². The van der Waals surface area contributed by atoms with Gasteiger partial charge in [0.15, 0.2) is 0 Å². The lowest BCUT2D eigenvalue weighted by molar-refractivity contribution is 0.238. The summed E-state index contributed by atoms with van der Waals surface area (Å²) in [4.78, 5) is 0. The van der Waals surface area contributed by atoms with Gasteiger partial charge in [-0.2, -0.15) is 0 Å². The number of furan rings is 1. The van der Waals surface area contributed by atoms with Gasteiger partial charge in [0.1, 0.15) is 5.75 Å². The van der Waals surface area contributed by atoms with Crippen LogP contribution in [0.15, 0.2) is 47.3 Å². The fraction of sp³-hybridized carbons (Fsp3) is 0.375. The third kappa shape index (κ3) is 3.38. The lowest BCUT2D eigenvalue weighted by atomic mass is 10.00. The Morgan fingerprint density at radius 2 is 2.00 bits per heavy atom. The number of hydrogen-bond donors (Lipinski definition) is 1. The summed E-state index contributed by atoms with van der Waals surface area (Å²) in [5, 5.41) is 3.47. The fourth-order valence-corrected chi connectivity index (χ4v) is 2.13. The third-order valence-electron chi connectivity index (χ3n) is 2.88. The summed E-state index contributed by atoms with van der Waals surface area (Å²) >= 11 is 0. The highest BCUT2D eigenvalue weighted by Gasteiger charge is 2.18. The van der Waals surface area contributed by atoms with Gasteiger partial charge in [-0.05, 0) is 32.5 Å². The van der Waals surface area contributed by atoms with E-state index in [2.05, 4.69) is 18.3 Å². The molecule has 0 radical (unpaired) electrons. The van der Waals surface area contributed by atoms with Gasteiger partial charge in [0, 0.05) is 11.1 Å². The molecule has 3 nitrogen and oxygen atoms in total. The first-order chi connectivity index (χ1) is 9.22. The molecule has 0 aliphatic carbocycles. The molecule has 1 aromatic carbocycles. The summed E-state index contributed by atoms with van der Waals surface area (Å²) in [6.07, 6.45) is 3.64. The Bertz CT molecular complexity index is 491. The van der Waals surface area contributed by atoms with E-state index >= 15 is 0 Å². The minimum Gasteiger partial charge on any atom is -0.491 e. The van der Waals surface area contributed by atoms with Crippen LogP contribution in [-0.2, 0) is 0 Å². The first kappa shape index (κ1) is 13.7. The largest absolute Gasteiger partial charge is 0.491 e. The van der Waals surface area contributed by atoms with E-state index in [9.17, 15) is 0 Å². The molecule has 0 aliphatic rings. The SMILES string of the molecule is CCNC(c1ccoc1)c1ccccc1OC(C)C. The molecule has 102 valence electrons. The van der Waals surface area contributed by atoms with Gasteiger partial charge in [0.25, 0.3) is 0 Å². The van der Waals surface area contributed by atoms with E-state index in [1.807, 2.05) is 38.1 Å². The molecule has 2 aromatic rings. The molecule has 0 amide bonds. The van der Waals surface area contributed by atoms with Crippen molar-refractivity contribution < 1.29 is 9.15 Å². The van der Waals surface area contributed by atoms with Crippen LogP contribution in [-0.4, -0.2) is 12.6 Å². The minimum atomic E-state index is 0.0960. The second kappa shape index (κ2) is 6.43. The van der Waals surface area contributed by atoms with Gasteiger partial charge in [-0.1, -0.05) is 25.1 Å². The zero-order valence-electron chi connectivity index (χ0n) is 11.7. The van der Waals surface area contributed by atoms with Gasteiger partial charge in [0.05, 0.1) is 24.7 Å². The quantitative estimate of drug-likeness (QED) is 0.857. The molecule has 0 bridgehead atoms. The molecule has 1 N–H and O–H groups in total. The highest BCUT2D eigenvalue weighted by atomic mass is 16.5. The molecule has 1 unspecified atom stereocenters. The Kier molecular flexibility index (Phi) is 4.63. The van der Waals surface area contributed by atoms with Crippen molar-refractivity contribution >= 4 is 0 Å². The molecule has 0 spiro atoms. The molecule has 0 aliphatic heterocycles. The molecule has 2 rings (SSSR count). The van der Waals surface area contributed by atoms with Crippen LogP contribution in [0.4, 0.5) is 0 Å². The highest BCUT2D eigenvalue weighted by Crippen LogP contribution is 2.30. The molecule has 1 aromatic heterocycles. The van der Waals surface area contributed by atoms with E-state index < -0.39 is 0 Å². The molecule has 19 heavy (non-hydrogen) atoms. The highest BCUT2D eigenvalue weighted by molar-refractivity contribution is 5.40. The zero-order valence-corrected chi connectivity index (χ0v) is 11.7. The maximum atomic E-state index is 5.90. The minimum absolute atomic E-state index is 0.0960. The summed E-state index contributed by atoms with van der Waals surface area (Å²) < 4.78 is 11.1. The molecule has 0 saturated heterocycles. The molecule has 0 saturated carbocycles. The predicted molar refractivity (Wildman–Crippen MR) is 76.4 cm³/mol. The summed E-state index contributed by atoms with van der Waals surface area (Å²) in [6.45, 7) is 7.05. The van der Waals surface area contributed by atoms with Crippen LogP contribution in [0.3, 0.4) is 0 Å². The summed E-state index contributed by atoms with van der Waals surface area (Å²) in [5.74, 6) is 0.921. The van der Waals surface area contributed by atoms with Crippen LogP contribution in [0.25, 0.3) is 0 Å². The topological polar surface area (TPSA) is 34.4 Å². The smallest absolute Gasteiger partial charge is 0.124 e. The van der Waals surface area contributed by atoms with Crippen molar-refractivity contribution in [3.8, 4) is 5.75 Å². The lowest BCUT2D eigenvalue weighted by Gasteiger charge is -2.21. The summed E-state index contributed by atoms with van der Waals surface area (Å²) in [7, 11) is 0. The average Bonchev–Trinajstić information content (AvgIpc) is 2.90. The van der Waals surface area contributed by atoms with Crippen LogP contribution in [0.2, 0.25) is 0 Å². The number of nitrogens with one attached hydrogen (secondary N) is 1. The average molecular weight is 259 g/mol. The van der Waals surface area contributed by atoms with E-state index in [0.29, 0.717) is 0 Å². The van der Waals surface area contributed by atoms with Crippen LogP contribution in [0, 0.1) is 0 Å². The molecular formula is C16H21NO2. The van der Waals surface area contributed by atoms with Crippen molar-refractivity contribution in [2.24, 2.45) is 0 Å². The van der Waals surface area contributed by atoms with Gasteiger partial charge in [-0.25, -0.2) is 0 Å². The van der Waals surface area contributed by atoms with Gasteiger partial charge in [-0.15, -0.1) is 0 Å². The van der Waals surface area contributed by atoms with Crippen LogP contribution < -0.4 is 10.1 Å². The van der Waals surface area contributed by atoms with Crippen molar-refractivity contribution in [3.63, 3.8) is 0 Å². The maximum Gasteiger partial charge on any atom is 0.124 e. The van der Waals surface area contributed by atoms with Crippen molar-refractivity contribution in [1.82, 2.24) is 5.32 Å². The fourth-order valence-electron chi connectivity index (χ4n) is 2.13. The molecule has 0 fully saturated rings. The van der Waals surface area contributed by atoms with E-state index in [1.165, 1.54) is 0 Å². The number of rotatable bonds is 6. The van der Waals surface area contributed by atoms with Crippen molar-refractivity contribution in [2.45, 2.75) is 32.9 Å². The van der Waals surface area contributed by atoms with E-state index in [4.69, 9.17) is 9.15 Å². The second-order valence-corrected chi connectivity index (χ2v) is 4.75. The Morgan fingerprint density at radius 3 is 2.63 bits per heavy atom. The van der Waals surface area contributed by atoms with Crippen molar-refractivity contribution in [1.29, 1.82) is 0 Å². The molecule has 1 heterocycles. The normalized spacial score (nSPS) is 12.6. The maximum absolute atomic E-state index is 5.90.